The molecule has 13 heteroatoms. The summed E-state index contributed by atoms with van der Waals surface area (Å²) in [4.78, 5) is 60.8. The largest absolute Gasteiger partial charge is 0.507 e. The van der Waals surface area contributed by atoms with Crippen molar-refractivity contribution in [2.24, 2.45) is 0 Å². The SMILES string of the molecule is CCCCCCCCCCCCCCCc1cc(O[C@@H]2O[C@H](C(=O)OC)[C@@H](OC(C)=O)[C@H](OC(C)=O)[C@H]2OC(C)=O)cc(O)c1C(=O)O. The predicted octanol–water partition coefficient (Wildman–Crippen LogP) is 5.80. The van der Waals surface area contributed by atoms with Crippen molar-refractivity contribution in [2.75, 3.05) is 7.11 Å². The number of carbonyl (C=O) groups excluding carboxylic acids is 4. The Labute approximate surface area is 282 Å². The highest BCUT2D eigenvalue weighted by Crippen LogP contribution is 2.34. The second-order valence-corrected chi connectivity index (χ2v) is 12.1. The molecule has 1 fully saturated rings. The summed E-state index contributed by atoms with van der Waals surface area (Å²) in [6.45, 7) is 5.43. The summed E-state index contributed by atoms with van der Waals surface area (Å²) in [5.74, 6) is -5.48. The number of carboxylic acid groups (broad SMARTS) is 1. The number of hydrogen-bond donors (Lipinski definition) is 2. The van der Waals surface area contributed by atoms with Crippen molar-refractivity contribution in [3.05, 3.63) is 23.3 Å². The zero-order valence-electron chi connectivity index (χ0n) is 28.8. The van der Waals surface area contributed by atoms with E-state index in [2.05, 4.69) is 6.92 Å². The first kappa shape index (κ1) is 40.3. The van der Waals surface area contributed by atoms with Gasteiger partial charge >= 0.3 is 29.8 Å². The van der Waals surface area contributed by atoms with Crippen LogP contribution in [-0.4, -0.2) is 77.9 Å². The van der Waals surface area contributed by atoms with E-state index in [1.165, 1.54) is 57.4 Å². The fraction of sp³-hybridized carbons (Fsp3) is 0.686. The molecule has 2 N–H and O–H groups in total. The standard InChI is InChI=1S/C35H52O13/c1-6-7-8-9-10-11-12-13-14-15-16-17-18-19-25-20-26(21-27(39)28(25)33(40)41)47-35-32(46-24(4)38)30(45-23(3)37)29(44-22(2)36)31(48-35)34(42)43-5/h20-21,29-32,35,39H,6-19H2,1-5H3,(H,40,41)/t29-,30-,31-,32+,35+/m0/s1. The molecule has 1 aromatic rings. The van der Waals surface area contributed by atoms with Crippen LogP contribution < -0.4 is 4.74 Å². The van der Waals surface area contributed by atoms with Gasteiger partial charge in [0, 0.05) is 26.8 Å². The van der Waals surface area contributed by atoms with E-state index in [-0.39, 0.29) is 11.3 Å². The molecule has 0 bridgehead atoms. The number of aryl methyl sites for hydroxylation is 1. The van der Waals surface area contributed by atoms with Crippen molar-refractivity contribution in [1.29, 1.82) is 0 Å². The third kappa shape index (κ3) is 13.3. The highest BCUT2D eigenvalue weighted by atomic mass is 16.7. The molecule has 0 unspecified atom stereocenters. The lowest BCUT2D eigenvalue weighted by Crippen LogP contribution is -2.64. The maximum atomic E-state index is 12.7. The summed E-state index contributed by atoms with van der Waals surface area (Å²) >= 11 is 0. The Morgan fingerprint density at radius 2 is 1.19 bits per heavy atom. The molecular formula is C35H52O13. The molecule has 1 saturated heterocycles. The number of hydrogen-bond acceptors (Lipinski definition) is 12. The van der Waals surface area contributed by atoms with E-state index in [0.717, 1.165) is 59.6 Å². The van der Waals surface area contributed by atoms with Crippen molar-refractivity contribution >= 4 is 29.8 Å². The third-order valence-corrected chi connectivity index (χ3v) is 8.02. The number of phenols is 1. The molecule has 0 amide bonds. The fourth-order valence-electron chi connectivity index (χ4n) is 5.81. The van der Waals surface area contributed by atoms with E-state index in [1.807, 2.05) is 0 Å². The van der Waals surface area contributed by atoms with Crippen LogP contribution in [0.2, 0.25) is 0 Å². The van der Waals surface area contributed by atoms with Crippen LogP contribution in [0.3, 0.4) is 0 Å². The van der Waals surface area contributed by atoms with Gasteiger partial charge in [0.25, 0.3) is 0 Å². The van der Waals surface area contributed by atoms with Gasteiger partial charge in [-0.25, -0.2) is 9.59 Å². The van der Waals surface area contributed by atoms with E-state index < -0.39 is 66.3 Å². The Bertz CT molecular complexity index is 1210. The van der Waals surface area contributed by atoms with Crippen LogP contribution >= 0.6 is 0 Å². The molecular weight excluding hydrogens is 628 g/mol. The molecule has 0 spiro atoms. The first-order valence-electron chi connectivity index (χ1n) is 16.9. The Morgan fingerprint density at radius 1 is 0.708 bits per heavy atom. The molecule has 1 aliphatic heterocycles. The monoisotopic (exact) mass is 680 g/mol. The highest BCUT2D eigenvalue weighted by molar-refractivity contribution is 5.93. The fourth-order valence-corrected chi connectivity index (χ4v) is 5.81. The van der Waals surface area contributed by atoms with Crippen molar-refractivity contribution in [3.63, 3.8) is 0 Å². The van der Waals surface area contributed by atoms with Gasteiger partial charge < -0.3 is 38.6 Å². The van der Waals surface area contributed by atoms with Crippen LogP contribution in [0.15, 0.2) is 12.1 Å². The normalized spacial score (nSPS) is 20.4. The Kier molecular flexibility index (Phi) is 17.8. The third-order valence-electron chi connectivity index (χ3n) is 8.02. The number of unbranched alkanes of at least 4 members (excludes halogenated alkanes) is 12. The van der Waals surface area contributed by atoms with Gasteiger partial charge in [-0.2, -0.15) is 0 Å². The summed E-state index contributed by atoms with van der Waals surface area (Å²) in [6.07, 6.45) is 7.33. The van der Waals surface area contributed by atoms with Crippen LogP contribution in [0, 0.1) is 0 Å². The summed E-state index contributed by atoms with van der Waals surface area (Å²) in [5.41, 5.74) is 0.0294. The number of esters is 4. The average molecular weight is 681 g/mol. The number of methoxy groups -OCH3 is 1. The van der Waals surface area contributed by atoms with Crippen LogP contribution in [-0.2, 0) is 49.3 Å². The van der Waals surface area contributed by atoms with Crippen LogP contribution in [0.1, 0.15) is 127 Å². The van der Waals surface area contributed by atoms with Gasteiger partial charge in [-0.15, -0.1) is 0 Å². The van der Waals surface area contributed by atoms with Crippen molar-refractivity contribution in [1.82, 2.24) is 0 Å². The number of carboxylic acids is 1. The number of aromatic hydroxyl groups is 1. The quantitative estimate of drug-likeness (QED) is 0.0904. The average Bonchev–Trinajstić information content (AvgIpc) is 3.00. The van der Waals surface area contributed by atoms with E-state index in [9.17, 15) is 34.2 Å². The van der Waals surface area contributed by atoms with Gasteiger partial charge in [0.2, 0.25) is 12.4 Å². The van der Waals surface area contributed by atoms with E-state index in [4.69, 9.17) is 28.4 Å². The van der Waals surface area contributed by atoms with Gasteiger partial charge in [0.1, 0.15) is 17.1 Å². The zero-order chi connectivity index (χ0) is 35.6. The highest BCUT2D eigenvalue weighted by Gasteiger charge is 2.55. The minimum Gasteiger partial charge on any atom is -0.507 e. The summed E-state index contributed by atoms with van der Waals surface area (Å²) in [5, 5.41) is 20.5. The Morgan fingerprint density at radius 3 is 1.67 bits per heavy atom. The lowest BCUT2D eigenvalue weighted by Gasteiger charge is -2.43. The van der Waals surface area contributed by atoms with Gasteiger partial charge in [-0.1, -0.05) is 84.0 Å². The van der Waals surface area contributed by atoms with Crippen molar-refractivity contribution in [2.45, 2.75) is 148 Å². The molecule has 2 rings (SSSR count). The molecule has 5 atom stereocenters. The lowest BCUT2D eigenvalue weighted by atomic mass is 9.97. The molecule has 270 valence electrons. The van der Waals surface area contributed by atoms with Crippen LogP contribution in [0.5, 0.6) is 11.5 Å². The first-order chi connectivity index (χ1) is 22.9. The molecule has 1 aliphatic rings. The minimum absolute atomic E-state index is 0.0690. The maximum absolute atomic E-state index is 12.7. The first-order valence-corrected chi connectivity index (χ1v) is 16.9. The number of aromatic carboxylic acids is 1. The van der Waals surface area contributed by atoms with Gasteiger partial charge in [-0.05, 0) is 24.5 Å². The van der Waals surface area contributed by atoms with Crippen LogP contribution in [0.4, 0.5) is 0 Å². The van der Waals surface area contributed by atoms with Gasteiger partial charge in [0.15, 0.2) is 18.3 Å². The summed E-state index contributed by atoms with van der Waals surface area (Å²) < 4.78 is 32.5. The molecule has 13 nitrogen and oxygen atoms in total. The molecule has 1 heterocycles. The molecule has 48 heavy (non-hydrogen) atoms. The van der Waals surface area contributed by atoms with E-state index >= 15 is 0 Å². The van der Waals surface area contributed by atoms with E-state index in [0.29, 0.717) is 18.4 Å². The maximum Gasteiger partial charge on any atom is 0.339 e. The second kappa shape index (κ2) is 21.2. The number of carbonyl (C=O) groups is 5. The van der Waals surface area contributed by atoms with Crippen molar-refractivity contribution in [3.8, 4) is 11.5 Å². The number of rotatable bonds is 21. The van der Waals surface area contributed by atoms with Gasteiger partial charge in [-0.3, -0.25) is 14.4 Å². The summed E-state index contributed by atoms with van der Waals surface area (Å²) in [6, 6.07) is 2.47. The molecule has 0 aromatic heterocycles. The lowest BCUT2D eigenvalue weighted by molar-refractivity contribution is -0.282. The van der Waals surface area contributed by atoms with Crippen molar-refractivity contribution < 1.29 is 62.6 Å². The molecule has 0 aliphatic carbocycles. The van der Waals surface area contributed by atoms with Gasteiger partial charge in [0.05, 0.1) is 7.11 Å². The molecule has 0 radical (unpaired) electrons. The minimum atomic E-state index is -1.67. The zero-order valence-corrected chi connectivity index (χ0v) is 28.8. The number of ether oxygens (including phenoxy) is 6. The molecule has 1 aromatic carbocycles. The Balaban J connectivity index is 2.18. The Hall–Kier alpha value is -3.87. The van der Waals surface area contributed by atoms with E-state index in [1.54, 1.807) is 0 Å². The second-order valence-electron chi connectivity index (χ2n) is 12.1. The van der Waals surface area contributed by atoms with Crippen LogP contribution in [0.25, 0.3) is 0 Å². The topological polar surface area (TPSA) is 181 Å². The predicted molar refractivity (Wildman–Crippen MR) is 172 cm³/mol. The molecule has 0 saturated carbocycles. The summed E-state index contributed by atoms with van der Waals surface area (Å²) in [7, 11) is 1.07. The number of benzene rings is 1. The smallest absolute Gasteiger partial charge is 0.339 e.